The van der Waals surface area contributed by atoms with Crippen LogP contribution in [-0.2, 0) is 11.2 Å². The zero-order valence-corrected chi connectivity index (χ0v) is 21.4. The van der Waals surface area contributed by atoms with E-state index in [0.717, 1.165) is 31.5 Å². The maximum absolute atomic E-state index is 13.6. The number of furan rings is 1. The van der Waals surface area contributed by atoms with Crippen LogP contribution in [0.25, 0.3) is 17.0 Å². The number of hydrogen-bond acceptors (Lipinski definition) is 5. The first-order valence-corrected chi connectivity index (χ1v) is 12.7. The molecule has 0 spiro atoms. The van der Waals surface area contributed by atoms with Gasteiger partial charge in [0.25, 0.3) is 0 Å². The Balaban J connectivity index is 1.87. The lowest BCUT2D eigenvalue weighted by Crippen LogP contribution is -2.14. The van der Waals surface area contributed by atoms with Crippen molar-refractivity contribution in [1.29, 1.82) is 0 Å². The molecule has 0 aliphatic rings. The summed E-state index contributed by atoms with van der Waals surface area (Å²) in [6.07, 6.45) is 8.86. The van der Waals surface area contributed by atoms with Gasteiger partial charge in [0.1, 0.15) is 11.3 Å². The average Bonchev–Trinajstić information content (AvgIpc) is 3.21. The molecule has 2 aromatic carbocycles. The van der Waals surface area contributed by atoms with Crippen LogP contribution in [0.2, 0.25) is 0 Å². The number of ether oxygens (including phenoxy) is 1. The van der Waals surface area contributed by atoms with Crippen LogP contribution in [0.15, 0.2) is 53.0 Å². The fourth-order valence-corrected chi connectivity index (χ4v) is 3.89. The maximum Gasteiger partial charge on any atom is 0.338 e. The van der Waals surface area contributed by atoms with Gasteiger partial charge in [0.15, 0.2) is 5.78 Å². The van der Waals surface area contributed by atoms with E-state index < -0.39 is 5.97 Å². The molecule has 5 heteroatoms. The summed E-state index contributed by atoms with van der Waals surface area (Å²) in [6, 6.07) is 12.8. The topological polar surface area (TPSA) is 68.5 Å². The first kappa shape index (κ1) is 26.4. The molecule has 0 bridgehead atoms. The summed E-state index contributed by atoms with van der Waals surface area (Å²) in [6.45, 7) is 9.76. The van der Waals surface area contributed by atoms with Crippen molar-refractivity contribution in [3.05, 3.63) is 76.6 Å². The number of benzene rings is 2. The van der Waals surface area contributed by atoms with E-state index in [1.807, 2.05) is 38.1 Å². The van der Waals surface area contributed by atoms with Gasteiger partial charge in [-0.05, 0) is 57.0 Å². The van der Waals surface area contributed by atoms with Gasteiger partial charge in [0.2, 0.25) is 0 Å². The van der Waals surface area contributed by atoms with Crippen LogP contribution in [0.4, 0.5) is 0 Å². The fourth-order valence-electron chi connectivity index (χ4n) is 3.89. The molecule has 0 unspecified atom stereocenters. The maximum atomic E-state index is 13.6. The molecular formula is C30H37NO4. The van der Waals surface area contributed by atoms with Crippen molar-refractivity contribution in [1.82, 2.24) is 5.32 Å². The van der Waals surface area contributed by atoms with Crippen LogP contribution < -0.4 is 5.32 Å². The Morgan fingerprint density at radius 3 is 2.40 bits per heavy atom. The van der Waals surface area contributed by atoms with Crippen molar-refractivity contribution < 1.29 is 18.7 Å². The van der Waals surface area contributed by atoms with Gasteiger partial charge in [0, 0.05) is 23.9 Å². The van der Waals surface area contributed by atoms with E-state index in [4.69, 9.17) is 9.15 Å². The van der Waals surface area contributed by atoms with Crippen molar-refractivity contribution in [3.63, 3.8) is 0 Å². The third kappa shape index (κ3) is 7.15. The molecule has 3 aromatic rings. The van der Waals surface area contributed by atoms with E-state index in [9.17, 15) is 9.59 Å². The highest BCUT2D eigenvalue weighted by Crippen LogP contribution is 2.31. The van der Waals surface area contributed by atoms with Crippen LogP contribution in [0, 0.1) is 0 Å². The average molecular weight is 476 g/mol. The highest BCUT2D eigenvalue weighted by atomic mass is 16.5. The highest BCUT2D eigenvalue weighted by molar-refractivity contribution is 6.17. The van der Waals surface area contributed by atoms with Gasteiger partial charge in [-0.3, -0.25) is 4.79 Å². The number of fused-ring (bicyclic) bond motifs is 1. The molecular weight excluding hydrogens is 438 g/mol. The molecule has 0 aliphatic heterocycles. The smallest absolute Gasteiger partial charge is 0.338 e. The van der Waals surface area contributed by atoms with Crippen molar-refractivity contribution in [2.45, 2.75) is 65.9 Å². The summed E-state index contributed by atoms with van der Waals surface area (Å²) in [7, 11) is 0. The lowest BCUT2D eigenvalue weighted by molar-refractivity contribution is 0.0378. The van der Waals surface area contributed by atoms with Crippen molar-refractivity contribution >= 4 is 28.8 Å². The molecule has 35 heavy (non-hydrogen) atoms. The predicted octanol–water partition coefficient (Wildman–Crippen LogP) is 6.97. The first-order chi connectivity index (χ1) is 16.9. The minimum atomic E-state index is -0.406. The molecule has 0 aliphatic carbocycles. The van der Waals surface area contributed by atoms with Crippen molar-refractivity contribution in [2.24, 2.45) is 0 Å². The van der Waals surface area contributed by atoms with Crippen molar-refractivity contribution in [3.8, 4) is 0 Å². The summed E-state index contributed by atoms with van der Waals surface area (Å²) in [4.78, 5) is 26.1. The van der Waals surface area contributed by atoms with Crippen molar-refractivity contribution in [2.75, 3.05) is 13.1 Å². The van der Waals surface area contributed by atoms with Crippen LogP contribution in [0.1, 0.15) is 91.0 Å². The lowest BCUT2D eigenvalue weighted by atomic mass is 9.97. The van der Waals surface area contributed by atoms with E-state index in [1.54, 1.807) is 18.2 Å². The van der Waals surface area contributed by atoms with Gasteiger partial charge in [-0.2, -0.15) is 0 Å². The number of esters is 1. The van der Waals surface area contributed by atoms with Gasteiger partial charge in [-0.25, -0.2) is 4.79 Å². The number of unbranched alkanes of at least 4 members (excludes halogenated alkanes) is 2. The van der Waals surface area contributed by atoms with E-state index >= 15 is 0 Å². The standard InChI is InChI=1S/C30H37NO4/c1-5-7-11-27-28(25-20-24(16-17-26(25)35-27)30(33)34-21(3)4)29(32)23-14-12-22(13-15-23)10-9-19-31-18-8-6-2/h9-10,12-17,20-21,31H,5-8,11,18-19H2,1-4H3/b10-9-. The Hall–Kier alpha value is -3.18. The number of carbonyl (C=O) groups is 2. The number of nitrogens with one attached hydrogen (secondary N) is 1. The van der Waals surface area contributed by atoms with Crippen LogP contribution in [0.3, 0.4) is 0 Å². The Morgan fingerprint density at radius 2 is 1.71 bits per heavy atom. The number of carbonyl (C=O) groups excluding carboxylic acids is 2. The third-order valence-corrected chi connectivity index (χ3v) is 5.78. The Kier molecular flexibility index (Phi) is 9.86. The highest BCUT2D eigenvalue weighted by Gasteiger charge is 2.23. The van der Waals surface area contributed by atoms with E-state index in [1.165, 1.54) is 12.8 Å². The predicted molar refractivity (Wildman–Crippen MR) is 142 cm³/mol. The Morgan fingerprint density at radius 1 is 1.00 bits per heavy atom. The van der Waals surface area contributed by atoms with Crippen LogP contribution in [0.5, 0.6) is 0 Å². The number of rotatable bonds is 13. The molecule has 186 valence electrons. The molecule has 0 atom stereocenters. The van der Waals surface area contributed by atoms with Crippen LogP contribution in [-0.4, -0.2) is 30.9 Å². The zero-order valence-electron chi connectivity index (χ0n) is 21.4. The molecule has 0 saturated carbocycles. The molecule has 3 rings (SSSR count). The summed E-state index contributed by atoms with van der Waals surface area (Å²) in [5.74, 6) is 0.168. The molecule has 5 nitrogen and oxygen atoms in total. The van der Waals surface area contributed by atoms with Gasteiger partial charge < -0.3 is 14.5 Å². The third-order valence-electron chi connectivity index (χ3n) is 5.78. The molecule has 0 amide bonds. The number of ketones is 1. The molecule has 0 saturated heterocycles. The monoisotopic (exact) mass is 475 g/mol. The second-order valence-corrected chi connectivity index (χ2v) is 9.08. The van der Waals surface area contributed by atoms with Gasteiger partial charge >= 0.3 is 5.97 Å². The summed E-state index contributed by atoms with van der Waals surface area (Å²) < 4.78 is 11.4. The fraction of sp³-hybridized carbons (Fsp3) is 0.400. The van der Waals surface area contributed by atoms with E-state index in [0.29, 0.717) is 39.8 Å². The Labute approximate surface area is 208 Å². The zero-order chi connectivity index (χ0) is 25.2. The largest absolute Gasteiger partial charge is 0.460 e. The summed E-state index contributed by atoms with van der Waals surface area (Å²) in [5, 5.41) is 4.04. The lowest BCUT2D eigenvalue weighted by Gasteiger charge is -2.08. The first-order valence-electron chi connectivity index (χ1n) is 12.7. The molecule has 0 fully saturated rings. The summed E-state index contributed by atoms with van der Waals surface area (Å²) in [5.41, 5.74) is 3.20. The van der Waals surface area contributed by atoms with Gasteiger partial charge in [-0.1, -0.05) is 63.1 Å². The minimum absolute atomic E-state index is 0.0963. The quantitative estimate of drug-likeness (QED) is 0.164. The molecule has 1 heterocycles. The second-order valence-electron chi connectivity index (χ2n) is 9.08. The normalized spacial score (nSPS) is 11.6. The minimum Gasteiger partial charge on any atom is -0.460 e. The van der Waals surface area contributed by atoms with E-state index in [2.05, 4.69) is 31.3 Å². The second kappa shape index (κ2) is 13.1. The van der Waals surface area contributed by atoms with E-state index in [-0.39, 0.29) is 11.9 Å². The van der Waals surface area contributed by atoms with Crippen LogP contribution >= 0.6 is 0 Å². The molecule has 1 aromatic heterocycles. The van der Waals surface area contributed by atoms with Gasteiger partial charge in [-0.15, -0.1) is 0 Å². The SMILES string of the molecule is CCCCNC/C=C\c1ccc(C(=O)c2c(CCCC)oc3ccc(C(=O)OC(C)C)cc23)cc1. The van der Waals surface area contributed by atoms with Gasteiger partial charge in [0.05, 0.1) is 17.2 Å². The number of aryl methyl sites for hydroxylation is 1. The molecule has 1 N–H and O–H groups in total. The summed E-state index contributed by atoms with van der Waals surface area (Å²) >= 11 is 0. The molecule has 0 radical (unpaired) electrons. The number of hydrogen-bond donors (Lipinski definition) is 1. The Bertz CT molecular complexity index is 1160.